The largest absolute Gasteiger partial charge is 0.353 e. The summed E-state index contributed by atoms with van der Waals surface area (Å²) in [6, 6.07) is 0.946. The van der Waals surface area contributed by atoms with Gasteiger partial charge in [-0.3, -0.25) is 14.5 Å². The second-order valence-corrected chi connectivity index (χ2v) is 8.76. The molecule has 148 valence electrons. The van der Waals surface area contributed by atoms with Crippen LogP contribution in [0.3, 0.4) is 0 Å². The maximum atomic E-state index is 12.6. The number of nitrogens with one attached hydrogen (secondary N) is 1. The SMILES string of the molecule is CC(=O)NC1CCC12CCN(C(=O)CCN1CCN(C(C)C)CC1)CC2. The van der Waals surface area contributed by atoms with Crippen LogP contribution in [0, 0.1) is 5.41 Å². The summed E-state index contributed by atoms with van der Waals surface area (Å²) in [6.45, 7) is 13.1. The van der Waals surface area contributed by atoms with Gasteiger partial charge in [0.15, 0.2) is 0 Å². The van der Waals surface area contributed by atoms with Gasteiger partial charge >= 0.3 is 0 Å². The molecular formula is C20H36N4O2. The van der Waals surface area contributed by atoms with Crippen LogP contribution in [0.1, 0.15) is 52.9 Å². The summed E-state index contributed by atoms with van der Waals surface area (Å²) in [5.74, 6) is 0.381. The number of rotatable bonds is 5. The number of carbonyl (C=O) groups is 2. The van der Waals surface area contributed by atoms with Crippen molar-refractivity contribution in [1.29, 1.82) is 0 Å². The molecular weight excluding hydrogens is 328 g/mol. The summed E-state index contributed by atoms with van der Waals surface area (Å²) in [6.07, 6.45) is 5.01. The smallest absolute Gasteiger partial charge is 0.223 e. The summed E-state index contributed by atoms with van der Waals surface area (Å²) < 4.78 is 0. The molecule has 1 atom stereocenters. The Morgan fingerprint density at radius 1 is 1.04 bits per heavy atom. The topological polar surface area (TPSA) is 55.9 Å². The van der Waals surface area contributed by atoms with Gasteiger partial charge in [0.1, 0.15) is 0 Å². The van der Waals surface area contributed by atoms with Crippen LogP contribution < -0.4 is 5.32 Å². The van der Waals surface area contributed by atoms with E-state index in [9.17, 15) is 9.59 Å². The van der Waals surface area contributed by atoms with Crippen molar-refractivity contribution >= 4 is 11.8 Å². The molecule has 2 aliphatic heterocycles. The van der Waals surface area contributed by atoms with Gasteiger partial charge < -0.3 is 15.1 Å². The Labute approximate surface area is 158 Å². The Morgan fingerprint density at radius 2 is 1.69 bits per heavy atom. The van der Waals surface area contributed by atoms with Gasteiger partial charge in [0.25, 0.3) is 0 Å². The quantitative estimate of drug-likeness (QED) is 0.799. The van der Waals surface area contributed by atoms with Crippen LogP contribution in [0.5, 0.6) is 0 Å². The van der Waals surface area contributed by atoms with E-state index < -0.39 is 0 Å². The zero-order valence-electron chi connectivity index (χ0n) is 16.8. The van der Waals surface area contributed by atoms with E-state index in [0.29, 0.717) is 24.4 Å². The van der Waals surface area contributed by atoms with Crippen LogP contribution in [0.2, 0.25) is 0 Å². The van der Waals surface area contributed by atoms with Crippen molar-refractivity contribution < 1.29 is 9.59 Å². The van der Waals surface area contributed by atoms with Crippen molar-refractivity contribution in [2.24, 2.45) is 5.41 Å². The summed E-state index contributed by atoms with van der Waals surface area (Å²) in [4.78, 5) is 31.0. The lowest BCUT2D eigenvalue weighted by Gasteiger charge is -2.54. The van der Waals surface area contributed by atoms with Crippen molar-refractivity contribution in [2.45, 2.75) is 65.0 Å². The highest BCUT2D eigenvalue weighted by molar-refractivity contribution is 5.76. The molecule has 1 saturated carbocycles. The molecule has 1 spiro atoms. The van der Waals surface area contributed by atoms with E-state index >= 15 is 0 Å². The van der Waals surface area contributed by atoms with Gasteiger partial charge in [-0.2, -0.15) is 0 Å². The van der Waals surface area contributed by atoms with E-state index in [4.69, 9.17) is 0 Å². The third kappa shape index (κ3) is 4.39. The maximum absolute atomic E-state index is 12.6. The minimum Gasteiger partial charge on any atom is -0.353 e. The molecule has 26 heavy (non-hydrogen) atoms. The second-order valence-electron chi connectivity index (χ2n) is 8.76. The second kappa shape index (κ2) is 8.26. The van der Waals surface area contributed by atoms with Crippen LogP contribution >= 0.6 is 0 Å². The minimum absolute atomic E-state index is 0.0742. The number of amides is 2. The molecule has 0 aromatic carbocycles. The first-order valence-electron chi connectivity index (χ1n) is 10.4. The summed E-state index contributed by atoms with van der Waals surface area (Å²) in [7, 11) is 0. The van der Waals surface area contributed by atoms with Gasteiger partial charge in [0.05, 0.1) is 0 Å². The third-order valence-electron chi connectivity index (χ3n) is 6.94. The van der Waals surface area contributed by atoms with Crippen LogP contribution in [0.4, 0.5) is 0 Å². The first kappa shape index (κ1) is 19.6. The average Bonchev–Trinajstić information content (AvgIpc) is 2.63. The van der Waals surface area contributed by atoms with Gasteiger partial charge in [0.2, 0.25) is 11.8 Å². The van der Waals surface area contributed by atoms with Gasteiger partial charge in [0, 0.05) is 71.2 Å². The molecule has 2 heterocycles. The number of piperazine rings is 1. The standard InChI is InChI=1S/C20H36N4O2/c1-16(2)23-14-12-22(13-15-23)9-5-19(26)24-10-7-20(8-11-24)6-4-18(20)21-17(3)25/h16,18H,4-15H2,1-3H3,(H,21,25). The lowest BCUT2D eigenvalue weighted by atomic mass is 9.59. The van der Waals surface area contributed by atoms with Crippen LogP contribution in [-0.4, -0.2) is 84.4 Å². The number of piperidine rings is 1. The molecule has 3 aliphatic rings. The zero-order chi connectivity index (χ0) is 18.7. The van der Waals surface area contributed by atoms with Crippen LogP contribution in [-0.2, 0) is 9.59 Å². The minimum atomic E-state index is 0.0742. The maximum Gasteiger partial charge on any atom is 0.223 e. The molecule has 2 amide bonds. The number of hydrogen-bond acceptors (Lipinski definition) is 4. The molecule has 6 heteroatoms. The van der Waals surface area contributed by atoms with E-state index in [1.54, 1.807) is 6.92 Å². The summed E-state index contributed by atoms with van der Waals surface area (Å²) in [5, 5.41) is 3.11. The molecule has 1 unspecified atom stereocenters. The predicted molar refractivity (Wildman–Crippen MR) is 103 cm³/mol. The highest BCUT2D eigenvalue weighted by Crippen LogP contribution is 2.49. The molecule has 0 bridgehead atoms. The third-order valence-corrected chi connectivity index (χ3v) is 6.94. The number of hydrogen-bond donors (Lipinski definition) is 1. The predicted octanol–water partition coefficient (Wildman–Crippen LogP) is 1.31. The molecule has 1 aliphatic carbocycles. The highest BCUT2D eigenvalue weighted by Gasteiger charge is 2.48. The lowest BCUT2D eigenvalue weighted by Crippen LogP contribution is -2.59. The van der Waals surface area contributed by atoms with Crippen LogP contribution in [0.15, 0.2) is 0 Å². The normalized spacial score (nSPS) is 26.8. The molecule has 2 saturated heterocycles. The Kier molecular flexibility index (Phi) is 6.23. The Bertz CT molecular complexity index is 506. The average molecular weight is 365 g/mol. The Hall–Kier alpha value is -1.14. The van der Waals surface area contributed by atoms with Crippen molar-refractivity contribution in [1.82, 2.24) is 20.0 Å². The fourth-order valence-electron chi connectivity index (χ4n) is 4.88. The van der Waals surface area contributed by atoms with E-state index in [0.717, 1.165) is 65.1 Å². The number of nitrogens with zero attached hydrogens (tertiary/aromatic N) is 3. The van der Waals surface area contributed by atoms with E-state index in [1.165, 1.54) is 6.42 Å². The first-order chi connectivity index (χ1) is 12.4. The van der Waals surface area contributed by atoms with E-state index in [1.807, 2.05) is 0 Å². The molecule has 1 N–H and O–H groups in total. The fraction of sp³-hybridized carbons (Fsp3) is 0.900. The molecule has 3 fully saturated rings. The zero-order valence-corrected chi connectivity index (χ0v) is 16.8. The van der Waals surface area contributed by atoms with Gasteiger partial charge in [-0.05, 0) is 44.9 Å². The van der Waals surface area contributed by atoms with Crippen molar-refractivity contribution in [3.8, 4) is 0 Å². The lowest BCUT2D eigenvalue weighted by molar-refractivity contribution is -0.137. The number of likely N-dealkylation sites (tertiary alicyclic amines) is 1. The van der Waals surface area contributed by atoms with Gasteiger partial charge in [-0.1, -0.05) is 0 Å². The molecule has 6 nitrogen and oxygen atoms in total. The first-order valence-corrected chi connectivity index (χ1v) is 10.4. The van der Waals surface area contributed by atoms with Crippen molar-refractivity contribution in [2.75, 3.05) is 45.8 Å². The Morgan fingerprint density at radius 3 is 2.19 bits per heavy atom. The Balaban J connectivity index is 1.37. The highest BCUT2D eigenvalue weighted by atomic mass is 16.2. The van der Waals surface area contributed by atoms with E-state index in [2.05, 4.69) is 33.9 Å². The van der Waals surface area contributed by atoms with Gasteiger partial charge in [-0.15, -0.1) is 0 Å². The molecule has 0 radical (unpaired) electrons. The molecule has 0 aromatic heterocycles. The van der Waals surface area contributed by atoms with Crippen molar-refractivity contribution in [3.05, 3.63) is 0 Å². The van der Waals surface area contributed by atoms with Gasteiger partial charge in [-0.25, -0.2) is 0 Å². The molecule has 3 rings (SSSR count). The van der Waals surface area contributed by atoms with Crippen LogP contribution in [0.25, 0.3) is 0 Å². The number of carbonyl (C=O) groups excluding carboxylic acids is 2. The summed E-state index contributed by atoms with van der Waals surface area (Å²) >= 11 is 0. The van der Waals surface area contributed by atoms with Crippen molar-refractivity contribution in [3.63, 3.8) is 0 Å². The fourth-order valence-corrected chi connectivity index (χ4v) is 4.88. The van der Waals surface area contributed by atoms with E-state index in [-0.39, 0.29) is 11.3 Å². The summed E-state index contributed by atoms with van der Waals surface area (Å²) in [5.41, 5.74) is 0.260. The monoisotopic (exact) mass is 364 g/mol. The molecule has 0 aromatic rings.